The van der Waals surface area contributed by atoms with Crippen LogP contribution in [0.4, 0.5) is 0 Å². The van der Waals surface area contributed by atoms with Gasteiger partial charge in [-0.2, -0.15) is 0 Å². The second-order valence-electron chi connectivity index (χ2n) is 8.55. The van der Waals surface area contributed by atoms with Crippen molar-refractivity contribution < 1.29 is 13.3 Å². The molecular weight excluding hydrogens is 378 g/mol. The van der Waals surface area contributed by atoms with Crippen LogP contribution in [0.1, 0.15) is 122 Å². The van der Waals surface area contributed by atoms with E-state index in [-0.39, 0.29) is 0 Å². The standard InChI is InChI=1S/C24H53NO3Si/c1-26-29(27-2,28-3)24-22-20-18-16-14-12-10-8-6-4-5-7-9-11-13-15-17-19-21-23-25/h4-25H2,1-3H3. The molecule has 0 aliphatic carbocycles. The van der Waals surface area contributed by atoms with Crippen molar-refractivity contribution in [2.24, 2.45) is 5.73 Å². The number of rotatable bonds is 24. The molecule has 0 unspecified atom stereocenters. The Bertz CT molecular complexity index is 306. The largest absolute Gasteiger partial charge is 0.500 e. The van der Waals surface area contributed by atoms with Gasteiger partial charge in [-0.15, -0.1) is 0 Å². The van der Waals surface area contributed by atoms with E-state index < -0.39 is 8.80 Å². The predicted octanol–water partition coefficient (Wildman–Crippen LogP) is 7.24. The highest BCUT2D eigenvalue weighted by Crippen LogP contribution is 2.19. The van der Waals surface area contributed by atoms with Gasteiger partial charge in [-0.3, -0.25) is 0 Å². The van der Waals surface area contributed by atoms with Crippen molar-refractivity contribution in [1.29, 1.82) is 0 Å². The molecule has 0 spiro atoms. The lowest BCUT2D eigenvalue weighted by molar-refractivity contribution is 0.122. The van der Waals surface area contributed by atoms with E-state index in [4.69, 9.17) is 19.0 Å². The van der Waals surface area contributed by atoms with E-state index in [1.807, 2.05) is 0 Å². The summed E-state index contributed by atoms with van der Waals surface area (Å²) in [6, 6.07) is 0.936. The van der Waals surface area contributed by atoms with Crippen molar-refractivity contribution in [1.82, 2.24) is 0 Å². The van der Waals surface area contributed by atoms with E-state index in [2.05, 4.69) is 0 Å². The SMILES string of the molecule is CO[Si](CCCCCCCCCCCCCCCCCCCCCN)(OC)OC. The molecule has 29 heavy (non-hydrogen) atoms. The second-order valence-corrected chi connectivity index (χ2v) is 11.6. The Morgan fingerprint density at radius 3 is 0.897 bits per heavy atom. The van der Waals surface area contributed by atoms with Crippen molar-refractivity contribution in [3.05, 3.63) is 0 Å². The smallest absolute Gasteiger partial charge is 0.377 e. The molecule has 0 fully saturated rings. The number of nitrogens with two attached hydrogens (primary N) is 1. The van der Waals surface area contributed by atoms with Crippen LogP contribution in [0.15, 0.2) is 0 Å². The van der Waals surface area contributed by atoms with Gasteiger partial charge in [0, 0.05) is 27.4 Å². The molecule has 0 rings (SSSR count). The lowest BCUT2D eigenvalue weighted by Crippen LogP contribution is -2.42. The molecule has 0 aromatic rings. The Kier molecular flexibility index (Phi) is 22.8. The maximum Gasteiger partial charge on any atom is 0.500 e. The summed E-state index contributed by atoms with van der Waals surface area (Å²) in [5, 5.41) is 0. The molecule has 0 atom stereocenters. The van der Waals surface area contributed by atoms with E-state index in [1.54, 1.807) is 21.3 Å². The molecule has 0 aromatic carbocycles. The number of hydrogen-bond acceptors (Lipinski definition) is 4. The zero-order valence-corrected chi connectivity index (χ0v) is 21.2. The van der Waals surface area contributed by atoms with Gasteiger partial charge in [-0.1, -0.05) is 109 Å². The molecular formula is C24H53NO3Si. The molecule has 4 nitrogen and oxygen atoms in total. The van der Waals surface area contributed by atoms with Gasteiger partial charge in [0.05, 0.1) is 0 Å². The van der Waals surface area contributed by atoms with Gasteiger partial charge in [-0.05, 0) is 19.4 Å². The summed E-state index contributed by atoms with van der Waals surface area (Å²) in [4.78, 5) is 0. The molecule has 0 heterocycles. The molecule has 2 N–H and O–H groups in total. The maximum absolute atomic E-state index is 5.52. The molecule has 0 aliphatic rings. The van der Waals surface area contributed by atoms with Gasteiger partial charge in [0.15, 0.2) is 0 Å². The Morgan fingerprint density at radius 2 is 0.655 bits per heavy atom. The van der Waals surface area contributed by atoms with Crippen LogP contribution >= 0.6 is 0 Å². The van der Waals surface area contributed by atoms with Crippen LogP contribution in [-0.4, -0.2) is 36.7 Å². The molecule has 0 bridgehead atoms. The minimum absolute atomic E-state index is 0.863. The Hall–Kier alpha value is 0.0569. The van der Waals surface area contributed by atoms with E-state index >= 15 is 0 Å². The van der Waals surface area contributed by atoms with Crippen molar-refractivity contribution in [3.63, 3.8) is 0 Å². The maximum atomic E-state index is 5.52. The molecule has 176 valence electrons. The van der Waals surface area contributed by atoms with Crippen molar-refractivity contribution in [2.45, 2.75) is 128 Å². The van der Waals surface area contributed by atoms with Crippen LogP contribution in [-0.2, 0) is 13.3 Å². The molecule has 5 heteroatoms. The molecule has 0 radical (unpaired) electrons. The number of hydrogen-bond donors (Lipinski definition) is 1. The second kappa shape index (κ2) is 22.7. The summed E-state index contributed by atoms with van der Waals surface area (Å²) >= 11 is 0. The lowest BCUT2D eigenvalue weighted by atomic mass is 10.0. The van der Waals surface area contributed by atoms with Crippen LogP contribution in [0.3, 0.4) is 0 Å². The molecule has 0 aromatic heterocycles. The third kappa shape index (κ3) is 18.5. The fourth-order valence-electron chi connectivity index (χ4n) is 4.05. The summed E-state index contributed by atoms with van der Waals surface area (Å²) in [5.41, 5.74) is 5.52. The normalized spacial score (nSPS) is 12.0. The van der Waals surface area contributed by atoms with Crippen molar-refractivity contribution in [3.8, 4) is 0 Å². The van der Waals surface area contributed by atoms with Gasteiger partial charge in [0.2, 0.25) is 0 Å². The molecule has 0 aliphatic heterocycles. The molecule has 0 amide bonds. The van der Waals surface area contributed by atoms with E-state index in [9.17, 15) is 0 Å². The summed E-state index contributed by atoms with van der Waals surface area (Å²) < 4.78 is 16.4. The van der Waals surface area contributed by atoms with Crippen LogP contribution in [0.25, 0.3) is 0 Å². The molecule has 0 saturated carbocycles. The third-order valence-electron chi connectivity index (χ3n) is 6.12. The third-order valence-corrected chi connectivity index (χ3v) is 8.95. The van der Waals surface area contributed by atoms with Gasteiger partial charge >= 0.3 is 8.80 Å². The molecule has 0 saturated heterocycles. The van der Waals surface area contributed by atoms with Crippen LogP contribution in [0.2, 0.25) is 6.04 Å². The Morgan fingerprint density at radius 1 is 0.414 bits per heavy atom. The quantitative estimate of drug-likeness (QED) is 0.129. The van der Waals surface area contributed by atoms with Gasteiger partial charge < -0.3 is 19.0 Å². The summed E-state index contributed by atoms with van der Waals surface area (Å²) in [6.45, 7) is 0.863. The average Bonchev–Trinajstić information content (AvgIpc) is 2.75. The fraction of sp³-hybridized carbons (Fsp3) is 1.00. The number of unbranched alkanes of at least 4 members (excludes halogenated alkanes) is 18. The van der Waals surface area contributed by atoms with Crippen LogP contribution < -0.4 is 5.73 Å². The van der Waals surface area contributed by atoms with Crippen molar-refractivity contribution in [2.75, 3.05) is 27.9 Å². The first-order chi connectivity index (χ1) is 14.2. The van der Waals surface area contributed by atoms with Gasteiger partial charge in [0.1, 0.15) is 0 Å². The summed E-state index contributed by atoms with van der Waals surface area (Å²) in [7, 11) is 2.77. The van der Waals surface area contributed by atoms with E-state index in [0.29, 0.717) is 0 Å². The topological polar surface area (TPSA) is 53.7 Å². The zero-order chi connectivity index (χ0) is 21.5. The minimum Gasteiger partial charge on any atom is -0.377 e. The average molecular weight is 432 g/mol. The highest BCUT2D eigenvalue weighted by atomic mass is 28.4. The first-order valence-corrected chi connectivity index (χ1v) is 14.5. The highest BCUT2D eigenvalue weighted by molar-refractivity contribution is 6.60. The Balaban J connectivity index is 3.17. The van der Waals surface area contributed by atoms with Crippen LogP contribution in [0, 0.1) is 0 Å². The summed E-state index contributed by atoms with van der Waals surface area (Å²) in [6.07, 6.45) is 26.2. The Labute approximate surface area is 184 Å². The van der Waals surface area contributed by atoms with E-state index in [1.165, 1.54) is 116 Å². The lowest BCUT2D eigenvalue weighted by Gasteiger charge is -2.24. The first-order valence-electron chi connectivity index (χ1n) is 12.6. The summed E-state index contributed by atoms with van der Waals surface area (Å²) in [5.74, 6) is 0. The van der Waals surface area contributed by atoms with E-state index in [0.717, 1.165) is 19.0 Å². The minimum atomic E-state index is -2.33. The van der Waals surface area contributed by atoms with Gasteiger partial charge in [0.25, 0.3) is 0 Å². The van der Waals surface area contributed by atoms with Crippen LogP contribution in [0.5, 0.6) is 0 Å². The predicted molar refractivity (Wildman–Crippen MR) is 128 cm³/mol. The monoisotopic (exact) mass is 431 g/mol. The fourth-order valence-corrected chi connectivity index (χ4v) is 5.84. The van der Waals surface area contributed by atoms with Gasteiger partial charge in [-0.25, -0.2) is 0 Å². The van der Waals surface area contributed by atoms with Crippen molar-refractivity contribution >= 4 is 8.80 Å². The highest BCUT2D eigenvalue weighted by Gasteiger charge is 2.36. The zero-order valence-electron chi connectivity index (χ0n) is 20.2. The first kappa shape index (κ1) is 29.1.